The van der Waals surface area contributed by atoms with Crippen molar-refractivity contribution in [2.75, 3.05) is 0 Å². The molecule has 0 saturated heterocycles. The van der Waals surface area contributed by atoms with Crippen LogP contribution in [0.15, 0.2) is 45.9 Å². The van der Waals surface area contributed by atoms with Gasteiger partial charge in [-0.3, -0.25) is 4.79 Å². The smallest absolute Gasteiger partial charge is 0.274 e. The number of carbonyl (C=O) groups excluding carboxylic acids is 1. The van der Waals surface area contributed by atoms with Crippen LogP contribution < -0.4 is 4.72 Å². The number of halogens is 1. The molecule has 0 aliphatic carbocycles. The maximum atomic E-state index is 12.8. The number of rotatable bonds is 5. The summed E-state index contributed by atoms with van der Waals surface area (Å²) in [4.78, 5) is 10.5. The topological polar surface area (TPSA) is 76.4 Å². The Kier molecular flexibility index (Phi) is 4.01. The van der Waals surface area contributed by atoms with E-state index in [1.54, 1.807) is 6.92 Å². The second kappa shape index (κ2) is 5.56. The van der Waals surface area contributed by atoms with Gasteiger partial charge in [0.15, 0.2) is 12.0 Å². The molecule has 1 unspecified atom stereocenters. The molecule has 0 fully saturated rings. The van der Waals surface area contributed by atoms with E-state index in [-0.39, 0.29) is 10.9 Å². The molecule has 0 aliphatic heterocycles. The Morgan fingerprint density at radius 3 is 2.40 bits per heavy atom. The van der Waals surface area contributed by atoms with Crippen LogP contribution in [0.4, 0.5) is 4.39 Å². The Morgan fingerprint density at radius 1 is 1.20 bits per heavy atom. The van der Waals surface area contributed by atoms with Crippen LogP contribution in [-0.4, -0.2) is 14.7 Å². The minimum atomic E-state index is -3.88. The molecule has 5 nitrogen and oxygen atoms in total. The second-order valence-corrected chi connectivity index (χ2v) is 5.81. The minimum absolute atomic E-state index is 0.0696. The molecule has 1 atom stereocenters. The van der Waals surface area contributed by atoms with Crippen LogP contribution >= 0.6 is 0 Å². The number of nitrogens with one attached hydrogen (secondary N) is 1. The van der Waals surface area contributed by atoms with Gasteiger partial charge in [0.05, 0.1) is 0 Å². The molecule has 0 radical (unpaired) electrons. The van der Waals surface area contributed by atoms with E-state index in [1.807, 2.05) is 0 Å². The van der Waals surface area contributed by atoms with Crippen LogP contribution in [0.2, 0.25) is 0 Å². The number of hydrogen-bond donors (Lipinski definition) is 1. The first kappa shape index (κ1) is 14.4. The molecule has 7 heteroatoms. The highest BCUT2D eigenvalue weighted by molar-refractivity contribution is 7.89. The molecule has 1 heterocycles. The number of aldehydes is 1. The molecule has 1 N–H and O–H groups in total. The van der Waals surface area contributed by atoms with E-state index in [4.69, 9.17) is 4.42 Å². The van der Waals surface area contributed by atoms with Gasteiger partial charge in [0.25, 0.3) is 10.0 Å². The van der Waals surface area contributed by atoms with Gasteiger partial charge < -0.3 is 4.42 Å². The normalized spacial score (nSPS) is 13.1. The fourth-order valence-electron chi connectivity index (χ4n) is 1.65. The summed E-state index contributed by atoms with van der Waals surface area (Å²) in [6.45, 7) is 1.62. The Bertz CT molecular complexity index is 706. The standard InChI is InChI=1S/C13H12FNO4S/c1-9(10-2-4-11(14)5-3-10)15-20(17,18)13-7-6-12(8-16)19-13/h2-9,15H,1H3. The van der Waals surface area contributed by atoms with Crippen LogP contribution in [-0.2, 0) is 10.0 Å². The van der Waals surface area contributed by atoms with Crippen LogP contribution in [0.3, 0.4) is 0 Å². The van der Waals surface area contributed by atoms with Crippen molar-refractivity contribution >= 4 is 16.3 Å². The lowest BCUT2D eigenvalue weighted by atomic mass is 10.1. The van der Waals surface area contributed by atoms with Gasteiger partial charge in [-0.15, -0.1) is 0 Å². The molecule has 0 aliphatic rings. The molecule has 0 bridgehead atoms. The zero-order chi connectivity index (χ0) is 14.8. The van der Waals surface area contributed by atoms with Crippen LogP contribution in [0, 0.1) is 5.82 Å². The zero-order valence-corrected chi connectivity index (χ0v) is 11.4. The molecule has 0 amide bonds. The lowest BCUT2D eigenvalue weighted by Gasteiger charge is -2.13. The van der Waals surface area contributed by atoms with Gasteiger partial charge in [-0.25, -0.2) is 17.5 Å². The highest BCUT2D eigenvalue weighted by Crippen LogP contribution is 2.18. The Balaban J connectivity index is 2.19. The molecule has 0 spiro atoms. The van der Waals surface area contributed by atoms with Gasteiger partial charge >= 0.3 is 0 Å². The lowest BCUT2D eigenvalue weighted by molar-refractivity contribution is 0.109. The average Bonchev–Trinajstić information content (AvgIpc) is 2.88. The van der Waals surface area contributed by atoms with Crippen molar-refractivity contribution in [1.29, 1.82) is 0 Å². The Hall–Kier alpha value is -1.99. The Morgan fingerprint density at radius 2 is 1.85 bits per heavy atom. The third-order valence-corrected chi connectivity index (χ3v) is 4.10. The van der Waals surface area contributed by atoms with Crippen molar-refractivity contribution in [3.63, 3.8) is 0 Å². The van der Waals surface area contributed by atoms with Crippen LogP contribution in [0.25, 0.3) is 0 Å². The summed E-state index contributed by atoms with van der Waals surface area (Å²) in [6, 6.07) is 7.37. The van der Waals surface area contributed by atoms with Gasteiger partial charge in [-0.05, 0) is 36.8 Å². The third kappa shape index (κ3) is 3.12. The average molecular weight is 297 g/mol. The summed E-state index contributed by atoms with van der Waals surface area (Å²) in [6.07, 6.45) is 0.419. The molecule has 1 aromatic carbocycles. The summed E-state index contributed by atoms with van der Waals surface area (Å²) >= 11 is 0. The monoisotopic (exact) mass is 297 g/mol. The fourth-order valence-corrected chi connectivity index (χ4v) is 2.82. The van der Waals surface area contributed by atoms with Gasteiger partial charge in [0, 0.05) is 6.04 Å². The van der Waals surface area contributed by atoms with Gasteiger partial charge in [-0.1, -0.05) is 12.1 Å². The fraction of sp³-hybridized carbons (Fsp3) is 0.154. The summed E-state index contributed by atoms with van der Waals surface area (Å²) < 4.78 is 44.1. The first-order valence-electron chi connectivity index (χ1n) is 5.75. The summed E-state index contributed by atoms with van der Waals surface area (Å²) in [5.41, 5.74) is 0.608. The van der Waals surface area contributed by atoms with Gasteiger partial charge in [0.1, 0.15) is 5.82 Å². The third-order valence-electron chi connectivity index (χ3n) is 2.69. The summed E-state index contributed by atoms with van der Waals surface area (Å²) in [5.74, 6) is -0.467. The quantitative estimate of drug-likeness (QED) is 0.859. The van der Waals surface area contributed by atoms with Crippen molar-refractivity contribution in [3.8, 4) is 0 Å². The second-order valence-electron chi connectivity index (χ2n) is 4.17. The first-order chi connectivity index (χ1) is 9.42. The van der Waals surface area contributed by atoms with Crippen LogP contribution in [0.1, 0.15) is 29.1 Å². The predicted octanol–water partition coefficient (Wildman–Crippen LogP) is 2.27. The SMILES string of the molecule is CC(NS(=O)(=O)c1ccc(C=O)o1)c1ccc(F)cc1. The van der Waals surface area contributed by atoms with Crippen LogP contribution in [0.5, 0.6) is 0 Å². The molecule has 1 aromatic heterocycles. The first-order valence-corrected chi connectivity index (χ1v) is 7.23. The molecule has 2 aromatic rings. The predicted molar refractivity (Wildman–Crippen MR) is 69.2 cm³/mol. The van der Waals surface area contributed by atoms with Crippen molar-refractivity contribution in [2.45, 2.75) is 18.1 Å². The zero-order valence-electron chi connectivity index (χ0n) is 10.5. The van der Waals surface area contributed by atoms with E-state index in [9.17, 15) is 17.6 Å². The highest BCUT2D eigenvalue weighted by atomic mass is 32.2. The maximum Gasteiger partial charge on any atom is 0.274 e. The van der Waals surface area contributed by atoms with Crippen molar-refractivity contribution < 1.29 is 22.0 Å². The molecule has 2 rings (SSSR count). The van der Waals surface area contributed by atoms with Crippen molar-refractivity contribution in [1.82, 2.24) is 4.72 Å². The Labute approximate surface area is 115 Å². The van der Waals surface area contributed by atoms with Crippen molar-refractivity contribution in [2.24, 2.45) is 0 Å². The minimum Gasteiger partial charge on any atom is -0.440 e. The molecule has 0 saturated carbocycles. The number of carbonyl (C=O) groups is 1. The van der Waals surface area contributed by atoms with E-state index >= 15 is 0 Å². The largest absolute Gasteiger partial charge is 0.440 e. The molecule has 20 heavy (non-hydrogen) atoms. The number of furan rings is 1. The molecular weight excluding hydrogens is 285 g/mol. The van der Waals surface area contributed by atoms with Crippen molar-refractivity contribution in [3.05, 3.63) is 53.5 Å². The summed E-state index contributed by atoms with van der Waals surface area (Å²) in [5, 5.41) is -0.339. The van der Waals surface area contributed by atoms with E-state index in [2.05, 4.69) is 4.72 Å². The van der Waals surface area contributed by atoms with Gasteiger partial charge in [0.2, 0.25) is 5.09 Å². The highest BCUT2D eigenvalue weighted by Gasteiger charge is 2.22. The van der Waals surface area contributed by atoms with Gasteiger partial charge in [-0.2, -0.15) is 0 Å². The molecule has 106 valence electrons. The number of hydrogen-bond acceptors (Lipinski definition) is 4. The van der Waals surface area contributed by atoms with E-state index in [0.29, 0.717) is 11.8 Å². The number of sulfonamides is 1. The number of benzene rings is 1. The van der Waals surface area contributed by atoms with E-state index < -0.39 is 21.9 Å². The molecular formula is C13H12FNO4S. The lowest BCUT2D eigenvalue weighted by Crippen LogP contribution is -2.26. The van der Waals surface area contributed by atoms with E-state index in [1.165, 1.54) is 36.4 Å². The maximum absolute atomic E-state index is 12.8. The summed E-state index contributed by atoms with van der Waals surface area (Å²) in [7, 11) is -3.88. The van der Waals surface area contributed by atoms with E-state index in [0.717, 1.165) is 0 Å².